The van der Waals surface area contributed by atoms with Gasteiger partial charge in [-0.15, -0.1) is 0 Å². The molecule has 2 heterocycles. The molecule has 8 heteroatoms. The summed E-state index contributed by atoms with van der Waals surface area (Å²) in [7, 11) is -3.47. The monoisotopic (exact) mass is 336 g/mol. The smallest absolute Gasteiger partial charge is 0.233 e. The first-order chi connectivity index (χ1) is 10.5. The van der Waals surface area contributed by atoms with Crippen molar-refractivity contribution in [2.24, 2.45) is 0 Å². The molecule has 0 atom stereocenters. The van der Waals surface area contributed by atoms with Crippen molar-refractivity contribution in [2.75, 3.05) is 10.5 Å². The first-order valence-corrected chi connectivity index (χ1v) is 8.64. The normalized spacial score (nSPS) is 11.7. The zero-order valence-corrected chi connectivity index (χ0v) is 13.3. The molecule has 0 aliphatic carbocycles. The van der Waals surface area contributed by atoms with Gasteiger partial charge in [0.2, 0.25) is 10.0 Å². The molecule has 0 aliphatic heterocycles. The largest absolute Gasteiger partial charge is 0.265 e. The minimum atomic E-state index is -3.47. The highest BCUT2D eigenvalue weighted by molar-refractivity contribution is 7.92. The SMILES string of the molecule is CCS(=O)(=O)Nc1c(-c2ccccc2)nc2ccc(Cl)nn12. The van der Waals surface area contributed by atoms with Crippen LogP contribution in [-0.2, 0) is 10.0 Å². The summed E-state index contributed by atoms with van der Waals surface area (Å²) in [6, 6.07) is 12.6. The summed E-state index contributed by atoms with van der Waals surface area (Å²) in [4.78, 5) is 4.46. The number of halogens is 1. The second-order valence-electron chi connectivity index (χ2n) is 4.61. The molecular formula is C14H13ClN4O2S. The number of sulfonamides is 1. The van der Waals surface area contributed by atoms with E-state index in [1.165, 1.54) is 4.52 Å². The molecule has 0 amide bonds. The van der Waals surface area contributed by atoms with Crippen molar-refractivity contribution >= 4 is 33.1 Å². The maximum atomic E-state index is 12.0. The Morgan fingerprint density at radius 2 is 1.91 bits per heavy atom. The first-order valence-electron chi connectivity index (χ1n) is 6.61. The molecule has 0 fully saturated rings. The molecule has 0 spiro atoms. The Morgan fingerprint density at radius 1 is 1.18 bits per heavy atom. The molecule has 114 valence electrons. The van der Waals surface area contributed by atoms with Crippen molar-refractivity contribution in [1.82, 2.24) is 14.6 Å². The van der Waals surface area contributed by atoms with Gasteiger partial charge in [0.15, 0.2) is 11.5 Å². The summed E-state index contributed by atoms with van der Waals surface area (Å²) < 4.78 is 27.9. The van der Waals surface area contributed by atoms with Crippen LogP contribution in [0.2, 0.25) is 5.15 Å². The fraction of sp³-hybridized carbons (Fsp3) is 0.143. The van der Waals surface area contributed by atoms with Crippen LogP contribution >= 0.6 is 11.6 Å². The second kappa shape index (κ2) is 5.58. The Bertz CT molecular complexity index is 923. The molecule has 0 unspecified atom stereocenters. The summed E-state index contributed by atoms with van der Waals surface area (Å²) in [5.41, 5.74) is 1.81. The van der Waals surface area contributed by atoms with E-state index in [9.17, 15) is 8.42 Å². The summed E-state index contributed by atoms with van der Waals surface area (Å²) in [6.45, 7) is 1.56. The number of nitrogens with zero attached hydrogens (tertiary/aromatic N) is 3. The molecule has 0 saturated heterocycles. The van der Waals surface area contributed by atoms with E-state index in [0.29, 0.717) is 11.3 Å². The number of hydrogen-bond donors (Lipinski definition) is 1. The van der Waals surface area contributed by atoms with E-state index in [4.69, 9.17) is 11.6 Å². The number of anilines is 1. The highest BCUT2D eigenvalue weighted by Crippen LogP contribution is 2.29. The van der Waals surface area contributed by atoms with Gasteiger partial charge in [-0.2, -0.15) is 9.61 Å². The summed E-state index contributed by atoms with van der Waals surface area (Å²) in [5.74, 6) is 0.236. The van der Waals surface area contributed by atoms with Crippen molar-refractivity contribution < 1.29 is 8.42 Å². The molecule has 1 N–H and O–H groups in total. The van der Waals surface area contributed by atoms with Gasteiger partial charge in [0.25, 0.3) is 0 Å². The molecule has 0 radical (unpaired) electrons. The predicted molar refractivity (Wildman–Crippen MR) is 86.5 cm³/mol. The van der Waals surface area contributed by atoms with Crippen LogP contribution in [0.1, 0.15) is 6.92 Å². The van der Waals surface area contributed by atoms with Crippen LogP contribution in [0.4, 0.5) is 5.82 Å². The third kappa shape index (κ3) is 2.77. The number of rotatable bonds is 4. The predicted octanol–water partition coefficient (Wildman–Crippen LogP) is 2.81. The van der Waals surface area contributed by atoms with Gasteiger partial charge in [0.1, 0.15) is 10.8 Å². The minimum absolute atomic E-state index is 0.0466. The van der Waals surface area contributed by atoms with Crippen LogP contribution in [0.25, 0.3) is 16.9 Å². The van der Waals surface area contributed by atoms with Crippen molar-refractivity contribution in [3.63, 3.8) is 0 Å². The van der Waals surface area contributed by atoms with Crippen LogP contribution < -0.4 is 4.72 Å². The van der Waals surface area contributed by atoms with Gasteiger partial charge in [0, 0.05) is 5.56 Å². The van der Waals surface area contributed by atoms with Gasteiger partial charge >= 0.3 is 0 Å². The average molecular weight is 337 g/mol. The number of fused-ring (bicyclic) bond motifs is 1. The van der Waals surface area contributed by atoms with Crippen molar-refractivity contribution in [1.29, 1.82) is 0 Å². The number of nitrogens with one attached hydrogen (secondary N) is 1. The summed E-state index contributed by atoms with van der Waals surface area (Å²) >= 11 is 5.91. The maximum absolute atomic E-state index is 12.0. The van der Waals surface area contributed by atoms with Gasteiger partial charge in [-0.25, -0.2) is 13.4 Å². The topological polar surface area (TPSA) is 76.4 Å². The molecule has 3 aromatic rings. The third-order valence-corrected chi connectivity index (χ3v) is 4.59. The van der Waals surface area contributed by atoms with E-state index in [0.717, 1.165) is 5.56 Å². The van der Waals surface area contributed by atoms with Crippen LogP contribution in [0, 0.1) is 0 Å². The Morgan fingerprint density at radius 3 is 2.59 bits per heavy atom. The Balaban J connectivity index is 2.27. The number of aromatic nitrogens is 3. The molecule has 3 rings (SSSR count). The van der Waals surface area contributed by atoms with Crippen LogP contribution in [0.3, 0.4) is 0 Å². The van der Waals surface area contributed by atoms with E-state index in [-0.39, 0.29) is 16.7 Å². The molecule has 0 saturated carbocycles. The number of benzene rings is 1. The molecule has 6 nitrogen and oxygen atoms in total. The molecular weight excluding hydrogens is 324 g/mol. The third-order valence-electron chi connectivity index (χ3n) is 3.12. The zero-order valence-electron chi connectivity index (χ0n) is 11.7. The van der Waals surface area contributed by atoms with Crippen molar-refractivity contribution in [3.05, 3.63) is 47.6 Å². The van der Waals surface area contributed by atoms with Crippen LogP contribution in [0.15, 0.2) is 42.5 Å². The first kappa shape index (κ1) is 14.8. The van der Waals surface area contributed by atoms with Gasteiger partial charge in [-0.05, 0) is 19.1 Å². The highest BCUT2D eigenvalue weighted by atomic mass is 35.5. The van der Waals surface area contributed by atoms with Gasteiger partial charge < -0.3 is 0 Å². The van der Waals surface area contributed by atoms with Crippen molar-refractivity contribution in [3.8, 4) is 11.3 Å². The highest BCUT2D eigenvalue weighted by Gasteiger charge is 2.19. The molecule has 0 aliphatic rings. The summed E-state index contributed by atoms with van der Waals surface area (Å²) in [5, 5.41) is 4.38. The maximum Gasteiger partial charge on any atom is 0.233 e. The average Bonchev–Trinajstić information content (AvgIpc) is 2.86. The van der Waals surface area contributed by atoms with E-state index < -0.39 is 10.0 Å². The Labute approximate surface area is 132 Å². The number of imidazole rings is 1. The lowest BCUT2D eigenvalue weighted by Gasteiger charge is -2.07. The lowest BCUT2D eigenvalue weighted by molar-refractivity contribution is 0.602. The standard InChI is InChI=1S/C14H13ClN4O2S/c1-2-22(20,21)18-14-13(10-6-4-3-5-7-10)16-12-9-8-11(15)17-19(12)14/h3-9,18H,2H2,1H3. The number of hydrogen-bond acceptors (Lipinski definition) is 4. The zero-order chi connectivity index (χ0) is 15.7. The minimum Gasteiger partial charge on any atom is -0.265 e. The van der Waals surface area contributed by atoms with Gasteiger partial charge in [-0.1, -0.05) is 41.9 Å². The van der Waals surface area contributed by atoms with Crippen LogP contribution in [-0.4, -0.2) is 28.8 Å². The molecule has 1 aromatic carbocycles. The molecule has 2 aromatic heterocycles. The lowest BCUT2D eigenvalue weighted by Crippen LogP contribution is -2.17. The Hall–Kier alpha value is -2.12. The Kier molecular flexibility index (Phi) is 3.76. The fourth-order valence-corrected chi connectivity index (χ4v) is 2.78. The van der Waals surface area contributed by atoms with Gasteiger partial charge in [-0.3, -0.25) is 4.72 Å². The van der Waals surface area contributed by atoms with Gasteiger partial charge in [0.05, 0.1) is 5.75 Å². The van der Waals surface area contributed by atoms with E-state index >= 15 is 0 Å². The van der Waals surface area contributed by atoms with E-state index in [1.807, 2.05) is 30.3 Å². The lowest BCUT2D eigenvalue weighted by atomic mass is 10.1. The van der Waals surface area contributed by atoms with Crippen molar-refractivity contribution in [2.45, 2.75) is 6.92 Å². The van der Waals surface area contributed by atoms with E-state index in [2.05, 4.69) is 14.8 Å². The fourth-order valence-electron chi connectivity index (χ4n) is 2.02. The quantitative estimate of drug-likeness (QED) is 0.794. The van der Waals surface area contributed by atoms with E-state index in [1.54, 1.807) is 19.1 Å². The van der Waals surface area contributed by atoms with Crippen LogP contribution in [0.5, 0.6) is 0 Å². The molecule has 0 bridgehead atoms. The summed E-state index contributed by atoms with van der Waals surface area (Å²) in [6.07, 6.45) is 0. The molecule has 22 heavy (non-hydrogen) atoms. The second-order valence-corrected chi connectivity index (χ2v) is 7.00.